The molecule has 4 nitrogen and oxygen atoms in total. The average molecular weight is 234 g/mol. The van der Waals surface area contributed by atoms with Gasteiger partial charge < -0.3 is 15.0 Å². The lowest BCUT2D eigenvalue weighted by Gasteiger charge is -2.17. The Balaban J connectivity index is 2.28. The number of hydrogen-bond donors (Lipinski definition) is 1. The molecule has 0 fully saturated rings. The molecule has 0 aliphatic carbocycles. The molecule has 0 spiro atoms. The van der Waals surface area contributed by atoms with Crippen LogP contribution in [0, 0.1) is 0 Å². The highest BCUT2D eigenvalue weighted by atomic mass is 16.5. The van der Waals surface area contributed by atoms with E-state index in [2.05, 4.69) is 5.32 Å². The molecular weight excluding hydrogens is 216 g/mol. The van der Waals surface area contributed by atoms with E-state index in [-0.39, 0.29) is 11.9 Å². The molecule has 0 bridgehead atoms. The van der Waals surface area contributed by atoms with Gasteiger partial charge in [-0.2, -0.15) is 0 Å². The van der Waals surface area contributed by atoms with E-state index in [9.17, 15) is 4.79 Å². The Bertz CT molecular complexity index is 406. The van der Waals surface area contributed by atoms with Crippen molar-refractivity contribution in [3.05, 3.63) is 29.8 Å². The van der Waals surface area contributed by atoms with Gasteiger partial charge in [-0.1, -0.05) is 25.1 Å². The van der Waals surface area contributed by atoms with Crippen LogP contribution in [0.25, 0.3) is 0 Å². The van der Waals surface area contributed by atoms with Gasteiger partial charge in [-0.25, -0.2) is 0 Å². The minimum absolute atomic E-state index is 0.116. The van der Waals surface area contributed by atoms with E-state index < -0.39 is 0 Å². The lowest BCUT2D eigenvalue weighted by molar-refractivity contribution is -0.120. The first-order chi connectivity index (χ1) is 8.29. The number of methoxy groups -OCH3 is 1. The van der Waals surface area contributed by atoms with Gasteiger partial charge >= 0.3 is 0 Å². The molecule has 1 amide bonds. The van der Waals surface area contributed by atoms with Crippen molar-refractivity contribution in [2.24, 2.45) is 0 Å². The van der Waals surface area contributed by atoms with Crippen LogP contribution in [0.4, 0.5) is 5.69 Å². The summed E-state index contributed by atoms with van der Waals surface area (Å²) in [6.45, 7) is 3.95. The van der Waals surface area contributed by atoms with Gasteiger partial charge in [-0.3, -0.25) is 4.79 Å². The number of fused-ring (bicyclic) bond motifs is 1. The molecule has 4 heteroatoms. The number of carbonyl (C=O) groups excluding carboxylic acids is 1. The molecule has 1 unspecified atom stereocenters. The summed E-state index contributed by atoms with van der Waals surface area (Å²) in [4.78, 5) is 14.1. The van der Waals surface area contributed by atoms with Crippen LogP contribution in [0.3, 0.4) is 0 Å². The second-order valence-corrected chi connectivity index (χ2v) is 4.03. The molecule has 0 saturated heterocycles. The van der Waals surface area contributed by atoms with Gasteiger partial charge in [0.15, 0.2) is 0 Å². The van der Waals surface area contributed by atoms with Crippen LogP contribution in [-0.2, 0) is 9.53 Å². The van der Waals surface area contributed by atoms with Crippen LogP contribution in [0.1, 0.15) is 18.5 Å². The lowest BCUT2D eigenvalue weighted by atomic mass is 10.1. The fourth-order valence-electron chi connectivity index (χ4n) is 2.20. The number of nitrogens with zero attached hydrogens (tertiary/aromatic N) is 1. The Labute approximate surface area is 102 Å². The summed E-state index contributed by atoms with van der Waals surface area (Å²) < 4.78 is 5.05. The highest BCUT2D eigenvalue weighted by Gasteiger charge is 2.35. The van der Waals surface area contributed by atoms with E-state index >= 15 is 0 Å². The Morgan fingerprint density at radius 3 is 2.88 bits per heavy atom. The summed E-state index contributed by atoms with van der Waals surface area (Å²) in [7, 11) is 1.65. The van der Waals surface area contributed by atoms with Crippen molar-refractivity contribution in [3.8, 4) is 0 Å². The first kappa shape index (κ1) is 12.1. The van der Waals surface area contributed by atoms with Crippen LogP contribution >= 0.6 is 0 Å². The zero-order valence-corrected chi connectivity index (χ0v) is 10.3. The van der Waals surface area contributed by atoms with Crippen molar-refractivity contribution in [1.82, 2.24) is 5.32 Å². The van der Waals surface area contributed by atoms with Gasteiger partial charge in [0.05, 0.1) is 6.61 Å². The van der Waals surface area contributed by atoms with Crippen molar-refractivity contribution < 1.29 is 9.53 Å². The lowest BCUT2D eigenvalue weighted by Crippen LogP contribution is -2.36. The van der Waals surface area contributed by atoms with E-state index in [1.165, 1.54) is 0 Å². The van der Waals surface area contributed by atoms with Crippen LogP contribution in [0.15, 0.2) is 24.3 Å². The summed E-state index contributed by atoms with van der Waals surface area (Å²) in [6.07, 6.45) is 0. The number of ether oxygens (including phenoxy) is 1. The third-order valence-corrected chi connectivity index (χ3v) is 2.98. The minimum atomic E-state index is -0.201. The van der Waals surface area contributed by atoms with Crippen molar-refractivity contribution in [3.63, 3.8) is 0 Å². The van der Waals surface area contributed by atoms with Gasteiger partial charge in [0.1, 0.15) is 6.04 Å². The molecule has 17 heavy (non-hydrogen) atoms. The van der Waals surface area contributed by atoms with Crippen LogP contribution in [-0.4, -0.2) is 32.7 Å². The van der Waals surface area contributed by atoms with Crippen molar-refractivity contribution in [2.75, 3.05) is 31.7 Å². The molecule has 1 aromatic carbocycles. The maximum atomic E-state index is 12.3. The summed E-state index contributed by atoms with van der Waals surface area (Å²) in [5.74, 6) is 0.116. The molecule has 1 N–H and O–H groups in total. The SMILES string of the molecule is CCNC1C(=O)N(CCOC)c2ccccc21. The predicted molar refractivity (Wildman–Crippen MR) is 67.1 cm³/mol. The number of anilines is 1. The molecule has 2 rings (SSSR count). The Morgan fingerprint density at radius 1 is 1.41 bits per heavy atom. The number of para-hydroxylation sites is 1. The Hall–Kier alpha value is -1.39. The predicted octanol–water partition coefficient (Wildman–Crippen LogP) is 1.33. The Morgan fingerprint density at radius 2 is 2.18 bits per heavy atom. The third kappa shape index (κ3) is 2.18. The second kappa shape index (κ2) is 5.29. The van der Waals surface area contributed by atoms with Crippen molar-refractivity contribution >= 4 is 11.6 Å². The number of carbonyl (C=O) groups is 1. The molecule has 1 aromatic rings. The molecule has 92 valence electrons. The fraction of sp³-hybridized carbons (Fsp3) is 0.462. The van der Waals surface area contributed by atoms with E-state index in [4.69, 9.17) is 4.74 Å². The quantitative estimate of drug-likeness (QED) is 0.835. The second-order valence-electron chi connectivity index (χ2n) is 4.03. The summed E-state index contributed by atoms with van der Waals surface area (Å²) in [6, 6.07) is 7.72. The van der Waals surface area contributed by atoms with E-state index in [0.29, 0.717) is 13.2 Å². The van der Waals surface area contributed by atoms with Crippen LogP contribution < -0.4 is 10.2 Å². The molecule has 1 aliphatic rings. The standard InChI is InChI=1S/C13H18N2O2/c1-3-14-12-10-6-4-5-7-11(10)15(13(12)16)8-9-17-2/h4-7,12,14H,3,8-9H2,1-2H3. The fourth-order valence-corrected chi connectivity index (χ4v) is 2.20. The number of amides is 1. The number of likely N-dealkylation sites (N-methyl/N-ethyl adjacent to an activating group) is 1. The smallest absolute Gasteiger partial charge is 0.248 e. The summed E-state index contributed by atoms with van der Waals surface area (Å²) in [5, 5.41) is 3.22. The summed E-state index contributed by atoms with van der Waals surface area (Å²) >= 11 is 0. The Kier molecular flexibility index (Phi) is 3.76. The molecule has 1 aliphatic heterocycles. The molecule has 0 radical (unpaired) electrons. The highest BCUT2D eigenvalue weighted by Crippen LogP contribution is 2.35. The van der Waals surface area contributed by atoms with E-state index in [1.54, 1.807) is 12.0 Å². The average Bonchev–Trinajstić information content (AvgIpc) is 2.61. The number of rotatable bonds is 5. The van der Waals surface area contributed by atoms with E-state index in [0.717, 1.165) is 17.8 Å². The van der Waals surface area contributed by atoms with Gasteiger partial charge in [0.25, 0.3) is 0 Å². The molecular formula is C13H18N2O2. The zero-order chi connectivity index (χ0) is 12.3. The molecule has 0 aromatic heterocycles. The monoisotopic (exact) mass is 234 g/mol. The van der Waals surface area contributed by atoms with Gasteiger partial charge in [0, 0.05) is 24.9 Å². The van der Waals surface area contributed by atoms with Crippen LogP contribution in [0.5, 0.6) is 0 Å². The van der Waals surface area contributed by atoms with E-state index in [1.807, 2.05) is 31.2 Å². The first-order valence-electron chi connectivity index (χ1n) is 5.92. The van der Waals surface area contributed by atoms with Crippen molar-refractivity contribution in [1.29, 1.82) is 0 Å². The minimum Gasteiger partial charge on any atom is -0.383 e. The largest absolute Gasteiger partial charge is 0.383 e. The normalized spacial score (nSPS) is 18.6. The molecule has 1 atom stereocenters. The zero-order valence-electron chi connectivity index (χ0n) is 10.3. The third-order valence-electron chi connectivity index (χ3n) is 2.98. The number of benzene rings is 1. The van der Waals surface area contributed by atoms with Crippen LogP contribution in [0.2, 0.25) is 0 Å². The van der Waals surface area contributed by atoms with Gasteiger partial charge in [-0.05, 0) is 12.6 Å². The molecule has 0 saturated carbocycles. The maximum Gasteiger partial charge on any atom is 0.248 e. The number of hydrogen-bond acceptors (Lipinski definition) is 3. The maximum absolute atomic E-state index is 12.3. The summed E-state index contributed by atoms with van der Waals surface area (Å²) in [5.41, 5.74) is 2.07. The topological polar surface area (TPSA) is 41.6 Å². The van der Waals surface area contributed by atoms with Gasteiger partial charge in [-0.15, -0.1) is 0 Å². The number of nitrogens with one attached hydrogen (secondary N) is 1. The highest BCUT2D eigenvalue weighted by molar-refractivity contribution is 6.04. The van der Waals surface area contributed by atoms with Gasteiger partial charge in [0.2, 0.25) is 5.91 Å². The molecule has 1 heterocycles. The first-order valence-corrected chi connectivity index (χ1v) is 5.92. The van der Waals surface area contributed by atoms with Crippen molar-refractivity contribution in [2.45, 2.75) is 13.0 Å².